The highest BCUT2D eigenvalue weighted by Gasteiger charge is 2.25. The van der Waals surface area contributed by atoms with Gasteiger partial charge in [0.2, 0.25) is 5.91 Å². The van der Waals surface area contributed by atoms with E-state index < -0.39 is 0 Å². The monoisotopic (exact) mass is 404 g/mol. The van der Waals surface area contributed by atoms with E-state index >= 15 is 0 Å². The van der Waals surface area contributed by atoms with Gasteiger partial charge in [0.1, 0.15) is 0 Å². The molecule has 1 aliphatic heterocycles. The van der Waals surface area contributed by atoms with Gasteiger partial charge in [-0.05, 0) is 54.4 Å². The molecule has 0 bridgehead atoms. The molecule has 0 aliphatic carbocycles. The van der Waals surface area contributed by atoms with E-state index in [0.717, 1.165) is 29.0 Å². The molecular weight excluding hydrogens is 376 g/mol. The average molecular weight is 405 g/mol. The molecule has 2 heterocycles. The van der Waals surface area contributed by atoms with Crippen molar-refractivity contribution < 1.29 is 4.79 Å². The Kier molecular flexibility index (Phi) is 5.83. The second-order valence-electron chi connectivity index (χ2n) is 7.99. The van der Waals surface area contributed by atoms with Gasteiger partial charge in [0.05, 0.1) is 11.9 Å². The maximum absolute atomic E-state index is 11.9. The van der Waals surface area contributed by atoms with E-state index in [-0.39, 0.29) is 24.0 Å². The molecule has 1 fully saturated rings. The van der Waals surface area contributed by atoms with Crippen LogP contribution in [0.5, 0.6) is 0 Å². The number of anilines is 2. The van der Waals surface area contributed by atoms with Crippen molar-refractivity contribution in [3.63, 3.8) is 0 Å². The van der Waals surface area contributed by atoms with Gasteiger partial charge >= 0.3 is 0 Å². The first-order valence-corrected chi connectivity index (χ1v) is 10.3. The molecule has 1 aliphatic rings. The summed E-state index contributed by atoms with van der Waals surface area (Å²) in [5.41, 5.74) is 11.9. The van der Waals surface area contributed by atoms with Crippen LogP contribution in [0.15, 0.2) is 60.9 Å². The molecule has 0 radical (unpaired) electrons. The average Bonchev–Trinajstić information content (AvgIpc) is 3.42. The van der Waals surface area contributed by atoms with Crippen LogP contribution in [-0.2, 0) is 4.79 Å². The fourth-order valence-electron chi connectivity index (χ4n) is 3.53. The molecule has 7 nitrogen and oxygen atoms in total. The highest BCUT2D eigenvalue weighted by atomic mass is 16.1. The van der Waals surface area contributed by atoms with E-state index in [4.69, 9.17) is 0 Å². The lowest BCUT2D eigenvalue weighted by Gasteiger charge is -2.17. The molecule has 30 heavy (non-hydrogen) atoms. The van der Waals surface area contributed by atoms with Crippen LogP contribution < -0.4 is 21.5 Å². The maximum atomic E-state index is 11.9. The molecule has 2 atom stereocenters. The van der Waals surface area contributed by atoms with Gasteiger partial charge in [-0.1, -0.05) is 26.0 Å². The fraction of sp³-hybridized carbons (Fsp3) is 0.304. The lowest BCUT2D eigenvalue weighted by Crippen LogP contribution is -2.36. The zero-order valence-corrected chi connectivity index (χ0v) is 17.5. The predicted molar refractivity (Wildman–Crippen MR) is 119 cm³/mol. The Hall–Kier alpha value is -3.16. The minimum atomic E-state index is -0.0394. The van der Waals surface area contributed by atoms with Crippen LogP contribution in [0.25, 0.3) is 5.69 Å². The summed E-state index contributed by atoms with van der Waals surface area (Å²) in [7, 11) is 0. The van der Waals surface area contributed by atoms with Gasteiger partial charge in [0.15, 0.2) is 0 Å². The zero-order chi connectivity index (χ0) is 21.1. The van der Waals surface area contributed by atoms with E-state index in [1.165, 1.54) is 5.56 Å². The van der Waals surface area contributed by atoms with Crippen LogP contribution in [-0.4, -0.2) is 21.9 Å². The normalized spacial score (nSPS) is 18.5. The number of aryl methyl sites for hydroxylation is 1. The number of nitrogens with one attached hydrogen (secondary N) is 4. The summed E-state index contributed by atoms with van der Waals surface area (Å²) in [5.74, 6) is -0.0133. The minimum Gasteiger partial charge on any atom is -0.368 e. The molecule has 1 saturated heterocycles. The van der Waals surface area contributed by atoms with Gasteiger partial charge in [0.25, 0.3) is 0 Å². The van der Waals surface area contributed by atoms with Crippen molar-refractivity contribution in [1.82, 2.24) is 20.6 Å². The highest BCUT2D eigenvalue weighted by Crippen LogP contribution is 2.26. The highest BCUT2D eigenvalue weighted by molar-refractivity contribution is 5.92. The topological polar surface area (TPSA) is 83.0 Å². The van der Waals surface area contributed by atoms with E-state index in [1.807, 2.05) is 55.9 Å². The van der Waals surface area contributed by atoms with Gasteiger partial charge in [-0.2, -0.15) is 5.10 Å². The zero-order valence-electron chi connectivity index (χ0n) is 17.5. The van der Waals surface area contributed by atoms with Gasteiger partial charge in [-0.15, -0.1) is 0 Å². The maximum Gasteiger partial charge on any atom is 0.226 e. The standard InChI is InChI=1S/C23H28N6O/c1-15(2)23(30)25-18-7-10-20(16(3)13-18)26-22-14-21(27-28-22)17-5-8-19(9-6-17)29-12-4-11-24-29/h4-13,15,21-22,26-28H,14H2,1-3H3,(H,25,30). The fourth-order valence-corrected chi connectivity index (χ4v) is 3.53. The molecule has 7 heteroatoms. The molecule has 3 aromatic rings. The molecule has 0 saturated carbocycles. The summed E-state index contributed by atoms with van der Waals surface area (Å²) in [4.78, 5) is 11.9. The molecule has 4 rings (SSSR count). The van der Waals surface area contributed by atoms with E-state index in [0.29, 0.717) is 0 Å². The molecule has 156 valence electrons. The Morgan fingerprint density at radius 2 is 1.97 bits per heavy atom. The van der Waals surface area contributed by atoms with Crippen molar-refractivity contribution in [2.75, 3.05) is 10.6 Å². The molecule has 2 unspecified atom stereocenters. The van der Waals surface area contributed by atoms with Gasteiger partial charge in [0, 0.05) is 42.1 Å². The van der Waals surface area contributed by atoms with E-state index in [1.54, 1.807) is 6.20 Å². The van der Waals surface area contributed by atoms with Crippen molar-refractivity contribution in [2.24, 2.45) is 5.92 Å². The van der Waals surface area contributed by atoms with Crippen molar-refractivity contribution in [3.8, 4) is 5.69 Å². The van der Waals surface area contributed by atoms with Crippen LogP contribution in [0.2, 0.25) is 0 Å². The number of benzene rings is 2. The smallest absolute Gasteiger partial charge is 0.226 e. The number of carbonyl (C=O) groups excluding carboxylic acids is 1. The number of carbonyl (C=O) groups is 1. The largest absolute Gasteiger partial charge is 0.368 e. The third-order valence-electron chi connectivity index (χ3n) is 5.32. The minimum absolute atomic E-state index is 0.0261. The van der Waals surface area contributed by atoms with Crippen LogP contribution in [0.3, 0.4) is 0 Å². The second kappa shape index (κ2) is 8.69. The summed E-state index contributed by atoms with van der Waals surface area (Å²) in [5, 5.41) is 10.8. The number of hydrogen-bond acceptors (Lipinski definition) is 5. The first-order chi connectivity index (χ1) is 14.5. The van der Waals surface area contributed by atoms with Gasteiger partial charge < -0.3 is 10.6 Å². The summed E-state index contributed by atoms with van der Waals surface area (Å²) >= 11 is 0. The molecule has 1 aromatic heterocycles. The van der Waals surface area contributed by atoms with Crippen LogP contribution in [0, 0.1) is 12.8 Å². The Morgan fingerprint density at radius 3 is 2.63 bits per heavy atom. The number of aromatic nitrogens is 2. The first-order valence-electron chi connectivity index (χ1n) is 10.3. The number of nitrogens with zero attached hydrogens (tertiary/aromatic N) is 2. The second-order valence-corrected chi connectivity index (χ2v) is 7.99. The predicted octanol–water partition coefficient (Wildman–Crippen LogP) is 3.75. The number of amides is 1. The van der Waals surface area contributed by atoms with E-state index in [2.05, 4.69) is 50.8 Å². The van der Waals surface area contributed by atoms with Crippen molar-refractivity contribution in [2.45, 2.75) is 39.4 Å². The van der Waals surface area contributed by atoms with Crippen molar-refractivity contribution in [3.05, 3.63) is 72.1 Å². The summed E-state index contributed by atoms with van der Waals surface area (Å²) in [6.45, 7) is 5.82. The summed E-state index contributed by atoms with van der Waals surface area (Å²) in [6.07, 6.45) is 4.73. The Morgan fingerprint density at radius 1 is 1.17 bits per heavy atom. The summed E-state index contributed by atoms with van der Waals surface area (Å²) in [6, 6.07) is 16.5. The lowest BCUT2D eigenvalue weighted by molar-refractivity contribution is -0.118. The molecule has 1 amide bonds. The van der Waals surface area contributed by atoms with Crippen LogP contribution >= 0.6 is 0 Å². The Bertz CT molecular complexity index is 997. The van der Waals surface area contributed by atoms with Crippen molar-refractivity contribution >= 4 is 17.3 Å². The van der Waals surface area contributed by atoms with Gasteiger partial charge in [-0.3, -0.25) is 4.79 Å². The summed E-state index contributed by atoms with van der Waals surface area (Å²) < 4.78 is 1.85. The lowest BCUT2D eigenvalue weighted by atomic mass is 10.0. The molecule has 0 spiro atoms. The SMILES string of the molecule is Cc1cc(NC(=O)C(C)C)ccc1NC1CC(c2ccc(-n3cccn3)cc2)NN1. The number of hydrogen-bond donors (Lipinski definition) is 4. The molecular formula is C23H28N6O. The van der Waals surface area contributed by atoms with E-state index in [9.17, 15) is 4.79 Å². The molecule has 4 N–H and O–H groups in total. The first kappa shape index (κ1) is 20.1. The quantitative estimate of drug-likeness (QED) is 0.503. The van der Waals surface area contributed by atoms with Crippen LogP contribution in [0.4, 0.5) is 11.4 Å². The third-order valence-corrected chi connectivity index (χ3v) is 5.32. The number of hydrazine groups is 1. The van der Waals surface area contributed by atoms with Crippen LogP contribution in [0.1, 0.15) is 37.4 Å². The molecule has 2 aromatic carbocycles. The third kappa shape index (κ3) is 4.53. The Balaban J connectivity index is 1.36. The number of rotatable bonds is 6. The van der Waals surface area contributed by atoms with Gasteiger partial charge in [-0.25, -0.2) is 15.5 Å². The van der Waals surface area contributed by atoms with Crippen molar-refractivity contribution in [1.29, 1.82) is 0 Å². The Labute approximate surface area is 176 Å².